The molecule has 2 aliphatic carbocycles. The van der Waals surface area contributed by atoms with Crippen molar-refractivity contribution in [3.8, 4) is 0 Å². The minimum atomic E-state index is -0.484. The van der Waals surface area contributed by atoms with Gasteiger partial charge >= 0.3 is 0 Å². The number of amidine groups is 1. The fraction of sp³-hybridized carbons (Fsp3) is 0.636. The summed E-state index contributed by atoms with van der Waals surface area (Å²) >= 11 is 1.63. The standard InChI is InChI=1S/C22H28N4O2S/c1-22(17-6-10-26(11-7-17)19(27)15-4-8-23-9-5-15)20(28)25-21(29-22)24-18-13-14-2-3-16(18)12-14/h4-5,8-9,14,16-18H,2-3,6-7,10-13H2,1H3,(H,24,25,28)/t14-,16?,18+,22?/m1/s1. The number of nitrogens with one attached hydrogen (secondary N) is 1. The molecule has 2 bridgehead atoms. The highest BCUT2D eigenvalue weighted by molar-refractivity contribution is 8.16. The number of likely N-dealkylation sites (tertiary alicyclic amines) is 1. The summed E-state index contributed by atoms with van der Waals surface area (Å²) < 4.78 is -0.484. The number of carbonyl (C=O) groups is 2. The van der Waals surface area contributed by atoms with Gasteiger partial charge in [0.2, 0.25) is 5.91 Å². The lowest BCUT2D eigenvalue weighted by Crippen LogP contribution is -2.47. The zero-order chi connectivity index (χ0) is 20.0. The van der Waals surface area contributed by atoms with Crippen molar-refractivity contribution in [2.45, 2.75) is 56.2 Å². The lowest BCUT2D eigenvalue weighted by molar-refractivity contribution is -0.122. The van der Waals surface area contributed by atoms with Crippen LogP contribution in [-0.2, 0) is 4.79 Å². The Bertz CT molecular complexity index is 836. The fourth-order valence-corrected chi connectivity index (χ4v) is 6.93. The molecule has 2 unspecified atom stereocenters. The van der Waals surface area contributed by atoms with Crippen LogP contribution in [0.1, 0.15) is 55.8 Å². The van der Waals surface area contributed by atoms with Gasteiger partial charge in [0, 0.05) is 31.0 Å². The predicted molar refractivity (Wildman–Crippen MR) is 114 cm³/mol. The van der Waals surface area contributed by atoms with Crippen molar-refractivity contribution in [2.75, 3.05) is 13.1 Å². The highest BCUT2D eigenvalue weighted by Crippen LogP contribution is 2.48. The average molecular weight is 413 g/mol. The maximum Gasteiger partial charge on any atom is 0.253 e. The van der Waals surface area contributed by atoms with Crippen LogP contribution in [0, 0.1) is 17.8 Å². The molecular weight excluding hydrogens is 384 g/mol. The lowest BCUT2D eigenvalue weighted by Gasteiger charge is -2.38. The summed E-state index contributed by atoms with van der Waals surface area (Å²) in [4.78, 5) is 36.4. The van der Waals surface area contributed by atoms with Crippen molar-refractivity contribution in [3.05, 3.63) is 30.1 Å². The first-order valence-electron chi connectivity index (χ1n) is 10.8. The molecule has 6 nitrogen and oxygen atoms in total. The molecule has 29 heavy (non-hydrogen) atoms. The van der Waals surface area contributed by atoms with Crippen molar-refractivity contribution < 1.29 is 9.59 Å². The highest BCUT2D eigenvalue weighted by atomic mass is 32.2. The molecule has 3 heterocycles. The Morgan fingerprint density at radius 1 is 1.21 bits per heavy atom. The molecule has 2 aliphatic heterocycles. The van der Waals surface area contributed by atoms with Gasteiger partial charge < -0.3 is 10.2 Å². The van der Waals surface area contributed by atoms with Crippen LogP contribution < -0.4 is 5.32 Å². The normalized spacial score (nSPS) is 36.0. The number of rotatable bonds is 3. The minimum Gasteiger partial charge on any atom is -0.339 e. The van der Waals surface area contributed by atoms with Crippen molar-refractivity contribution >= 4 is 28.7 Å². The van der Waals surface area contributed by atoms with Crippen LogP contribution in [0.3, 0.4) is 0 Å². The van der Waals surface area contributed by atoms with Crippen LogP contribution in [0.5, 0.6) is 0 Å². The van der Waals surface area contributed by atoms with Gasteiger partial charge in [-0.25, -0.2) is 0 Å². The smallest absolute Gasteiger partial charge is 0.253 e. The molecule has 1 aromatic rings. The summed E-state index contributed by atoms with van der Waals surface area (Å²) in [5, 5.41) is 3.90. The van der Waals surface area contributed by atoms with Gasteiger partial charge in [-0.15, -0.1) is 0 Å². The zero-order valence-electron chi connectivity index (χ0n) is 16.8. The van der Waals surface area contributed by atoms with Gasteiger partial charge in [-0.2, -0.15) is 0 Å². The SMILES string of the molecule is CC1(C2CCN(C(=O)c3ccncc3)CC2)SC(=N[C@H]2C[C@@H]3CCC2C3)NC1=O. The maximum atomic E-state index is 12.9. The van der Waals surface area contributed by atoms with Crippen molar-refractivity contribution in [1.82, 2.24) is 15.2 Å². The van der Waals surface area contributed by atoms with Gasteiger partial charge in [0.1, 0.15) is 4.75 Å². The number of carbonyl (C=O) groups excluding carboxylic acids is 2. The second-order valence-electron chi connectivity index (χ2n) is 9.14. The molecule has 2 saturated carbocycles. The van der Waals surface area contributed by atoms with Crippen LogP contribution in [0.15, 0.2) is 29.5 Å². The Morgan fingerprint density at radius 2 is 1.97 bits per heavy atom. The van der Waals surface area contributed by atoms with Gasteiger partial charge in [0.15, 0.2) is 5.17 Å². The molecule has 1 aromatic heterocycles. The van der Waals surface area contributed by atoms with Crippen LogP contribution >= 0.6 is 11.8 Å². The summed E-state index contributed by atoms with van der Waals surface area (Å²) in [6.07, 6.45) is 10.2. The third-order valence-electron chi connectivity index (χ3n) is 7.45. The molecule has 4 atom stereocenters. The first-order valence-corrected chi connectivity index (χ1v) is 11.6. The van der Waals surface area contributed by atoms with E-state index in [-0.39, 0.29) is 17.7 Å². The topological polar surface area (TPSA) is 74.7 Å². The Balaban J connectivity index is 1.22. The number of hydrogen-bond donors (Lipinski definition) is 1. The van der Waals surface area contributed by atoms with E-state index in [0.717, 1.165) is 29.8 Å². The van der Waals surface area contributed by atoms with E-state index >= 15 is 0 Å². The Labute approximate surface area is 175 Å². The van der Waals surface area contributed by atoms with Crippen LogP contribution in [-0.4, -0.2) is 50.7 Å². The number of aliphatic imine (C=N–C) groups is 1. The predicted octanol–water partition coefficient (Wildman–Crippen LogP) is 3.10. The molecule has 0 radical (unpaired) electrons. The van der Waals surface area contributed by atoms with Gasteiger partial charge in [-0.3, -0.25) is 19.6 Å². The second-order valence-corrected chi connectivity index (χ2v) is 10.6. The van der Waals surface area contributed by atoms with E-state index in [4.69, 9.17) is 4.99 Å². The van der Waals surface area contributed by atoms with E-state index in [1.807, 2.05) is 4.90 Å². The maximum absolute atomic E-state index is 12.9. The van der Waals surface area contributed by atoms with Gasteiger partial charge in [-0.05, 0) is 68.9 Å². The summed E-state index contributed by atoms with van der Waals surface area (Å²) in [5.41, 5.74) is 0.679. The number of fused-ring (bicyclic) bond motifs is 2. The number of piperidine rings is 1. The quantitative estimate of drug-likeness (QED) is 0.828. The third kappa shape index (κ3) is 3.47. The largest absolute Gasteiger partial charge is 0.339 e. The summed E-state index contributed by atoms with van der Waals surface area (Å²) in [7, 11) is 0. The van der Waals surface area contributed by atoms with Crippen LogP contribution in [0.2, 0.25) is 0 Å². The number of aromatic nitrogens is 1. The van der Waals surface area contributed by atoms with Gasteiger partial charge in [0.05, 0.1) is 6.04 Å². The summed E-state index contributed by atoms with van der Waals surface area (Å²) in [6, 6.07) is 3.92. The van der Waals surface area contributed by atoms with Crippen LogP contribution in [0.4, 0.5) is 0 Å². The average Bonchev–Trinajstić information content (AvgIpc) is 3.44. The molecule has 7 heteroatoms. The minimum absolute atomic E-state index is 0.0538. The monoisotopic (exact) mass is 412 g/mol. The van der Waals surface area contributed by atoms with Crippen molar-refractivity contribution in [3.63, 3.8) is 0 Å². The molecular formula is C22H28N4O2S. The van der Waals surface area contributed by atoms with E-state index in [1.165, 1.54) is 25.7 Å². The molecule has 1 N–H and O–H groups in total. The van der Waals surface area contributed by atoms with Gasteiger partial charge in [0.25, 0.3) is 5.91 Å². The lowest BCUT2D eigenvalue weighted by atomic mass is 9.84. The number of thioether (sulfide) groups is 1. The molecule has 0 spiro atoms. The number of pyridine rings is 1. The van der Waals surface area contributed by atoms with E-state index in [9.17, 15) is 9.59 Å². The highest BCUT2D eigenvalue weighted by Gasteiger charge is 2.50. The van der Waals surface area contributed by atoms with Crippen molar-refractivity contribution in [2.24, 2.45) is 22.7 Å². The van der Waals surface area contributed by atoms with E-state index in [1.54, 1.807) is 36.3 Å². The molecule has 154 valence electrons. The molecule has 2 saturated heterocycles. The Hall–Kier alpha value is -1.89. The first-order chi connectivity index (χ1) is 14.0. The van der Waals surface area contributed by atoms with E-state index in [2.05, 4.69) is 17.2 Å². The van der Waals surface area contributed by atoms with Crippen LogP contribution in [0.25, 0.3) is 0 Å². The summed E-state index contributed by atoms with van der Waals surface area (Å²) in [5.74, 6) is 1.97. The summed E-state index contributed by atoms with van der Waals surface area (Å²) in [6.45, 7) is 3.43. The Kier molecular flexibility index (Phi) is 4.88. The zero-order valence-corrected chi connectivity index (χ0v) is 17.7. The number of nitrogens with zero attached hydrogens (tertiary/aromatic N) is 3. The Morgan fingerprint density at radius 3 is 2.62 bits per heavy atom. The molecule has 2 amide bonds. The molecule has 0 aromatic carbocycles. The first kappa shape index (κ1) is 19.1. The second kappa shape index (κ2) is 7.42. The molecule has 4 aliphatic rings. The molecule has 5 rings (SSSR count). The molecule has 4 fully saturated rings. The van der Waals surface area contributed by atoms with Gasteiger partial charge in [-0.1, -0.05) is 18.2 Å². The third-order valence-corrected chi connectivity index (χ3v) is 8.80. The van der Waals surface area contributed by atoms with E-state index in [0.29, 0.717) is 24.7 Å². The van der Waals surface area contributed by atoms with Crippen molar-refractivity contribution in [1.29, 1.82) is 0 Å². The number of amides is 2. The fourth-order valence-electron chi connectivity index (χ4n) is 5.65. The van der Waals surface area contributed by atoms with E-state index < -0.39 is 4.75 Å². The number of hydrogen-bond acceptors (Lipinski definition) is 5.